The highest BCUT2D eigenvalue weighted by Crippen LogP contribution is 2.28. The quantitative estimate of drug-likeness (QED) is 0.805. The smallest absolute Gasteiger partial charge is 0.135 e. The molecule has 2 rings (SSSR count). The van der Waals surface area contributed by atoms with E-state index in [0.29, 0.717) is 17.8 Å². The van der Waals surface area contributed by atoms with Gasteiger partial charge >= 0.3 is 0 Å². The molecule has 1 saturated carbocycles. The summed E-state index contributed by atoms with van der Waals surface area (Å²) in [5.74, 6) is 1.89. The molecular weight excluding hydrogens is 224 g/mol. The topological polar surface area (TPSA) is 63.8 Å². The van der Waals surface area contributed by atoms with Crippen molar-refractivity contribution in [2.24, 2.45) is 0 Å². The zero-order valence-corrected chi connectivity index (χ0v) is 11.4. The van der Waals surface area contributed by atoms with Crippen LogP contribution in [0.4, 0.5) is 11.6 Å². The number of anilines is 2. The van der Waals surface area contributed by atoms with Gasteiger partial charge in [-0.3, -0.25) is 0 Å². The predicted molar refractivity (Wildman–Crippen MR) is 75.6 cm³/mol. The lowest BCUT2D eigenvalue weighted by Crippen LogP contribution is -2.21. The molecule has 1 aliphatic carbocycles. The van der Waals surface area contributed by atoms with Crippen LogP contribution in [0.2, 0.25) is 0 Å². The predicted octanol–water partition coefficient (Wildman–Crippen LogP) is 3.32. The molecule has 4 heteroatoms. The Balaban J connectivity index is 2.14. The number of nitrogens with one attached hydrogen (secondary N) is 1. The first-order valence-corrected chi connectivity index (χ1v) is 7.05. The van der Waals surface area contributed by atoms with Gasteiger partial charge in [0.2, 0.25) is 0 Å². The van der Waals surface area contributed by atoms with Crippen LogP contribution < -0.4 is 11.1 Å². The zero-order chi connectivity index (χ0) is 13.0. The first-order valence-electron chi connectivity index (χ1n) is 7.05. The first-order chi connectivity index (χ1) is 8.68. The van der Waals surface area contributed by atoms with Gasteiger partial charge in [0, 0.05) is 11.6 Å². The van der Waals surface area contributed by atoms with Crippen LogP contribution >= 0.6 is 0 Å². The summed E-state index contributed by atoms with van der Waals surface area (Å²) in [7, 11) is 0. The van der Waals surface area contributed by atoms with Crippen molar-refractivity contribution in [3.63, 3.8) is 0 Å². The molecule has 100 valence electrons. The van der Waals surface area contributed by atoms with Crippen molar-refractivity contribution >= 4 is 11.6 Å². The molecule has 0 aromatic carbocycles. The molecule has 0 atom stereocenters. The van der Waals surface area contributed by atoms with Crippen molar-refractivity contribution < 1.29 is 0 Å². The monoisotopic (exact) mass is 248 g/mol. The van der Waals surface area contributed by atoms with Gasteiger partial charge in [-0.05, 0) is 18.8 Å². The maximum absolute atomic E-state index is 5.97. The molecule has 1 aromatic heterocycles. The SMILES string of the molecule is CC(C)c1c(N)ncnc1NC1CCCCCC1. The summed E-state index contributed by atoms with van der Waals surface area (Å²) in [4.78, 5) is 8.48. The number of aromatic nitrogens is 2. The van der Waals surface area contributed by atoms with Crippen LogP contribution in [-0.4, -0.2) is 16.0 Å². The van der Waals surface area contributed by atoms with Crippen molar-refractivity contribution in [1.82, 2.24) is 9.97 Å². The molecule has 0 saturated heterocycles. The lowest BCUT2D eigenvalue weighted by molar-refractivity contribution is 0.615. The van der Waals surface area contributed by atoms with Crippen LogP contribution in [0.25, 0.3) is 0 Å². The molecular formula is C14H24N4. The Kier molecular flexibility index (Phi) is 4.39. The molecule has 0 aliphatic heterocycles. The molecule has 3 N–H and O–H groups in total. The molecule has 1 heterocycles. The summed E-state index contributed by atoms with van der Waals surface area (Å²) in [5.41, 5.74) is 7.02. The van der Waals surface area contributed by atoms with Gasteiger partial charge in [-0.25, -0.2) is 9.97 Å². The van der Waals surface area contributed by atoms with Crippen LogP contribution in [-0.2, 0) is 0 Å². The van der Waals surface area contributed by atoms with Gasteiger partial charge in [-0.1, -0.05) is 39.5 Å². The van der Waals surface area contributed by atoms with Crippen molar-refractivity contribution in [1.29, 1.82) is 0 Å². The number of hydrogen-bond donors (Lipinski definition) is 2. The van der Waals surface area contributed by atoms with E-state index in [9.17, 15) is 0 Å². The third kappa shape index (κ3) is 3.12. The largest absolute Gasteiger partial charge is 0.383 e. The minimum absolute atomic E-state index is 0.347. The van der Waals surface area contributed by atoms with E-state index in [2.05, 4.69) is 29.1 Å². The minimum Gasteiger partial charge on any atom is -0.383 e. The molecule has 0 spiro atoms. The minimum atomic E-state index is 0.347. The highest BCUT2D eigenvalue weighted by Gasteiger charge is 2.17. The van der Waals surface area contributed by atoms with Gasteiger partial charge in [0.05, 0.1) is 0 Å². The Morgan fingerprint density at radius 2 is 1.83 bits per heavy atom. The zero-order valence-electron chi connectivity index (χ0n) is 11.4. The first kappa shape index (κ1) is 13.1. The number of nitrogens with zero attached hydrogens (tertiary/aromatic N) is 2. The highest BCUT2D eigenvalue weighted by molar-refractivity contribution is 5.57. The van der Waals surface area contributed by atoms with E-state index < -0.39 is 0 Å². The summed E-state index contributed by atoms with van der Waals surface area (Å²) in [5, 5.41) is 3.58. The average Bonchev–Trinajstić information content (AvgIpc) is 2.57. The summed E-state index contributed by atoms with van der Waals surface area (Å²) < 4.78 is 0. The number of nitrogens with two attached hydrogens (primary N) is 1. The standard InChI is InChI=1S/C14H24N4/c1-10(2)12-13(15)16-9-17-14(12)18-11-7-5-3-4-6-8-11/h9-11H,3-8H2,1-2H3,(H3,15,16,17,18). The fraction of sp³-hybridized carbons (Fsp3) is 0.714. The number of nitrogen functional groups attached to an aromatic ring is 1. The second-order valence-electron chi connectivity index (χ2n) is 5.51. The Hall–Kier alpha value is -1.32. The van der Waals surface area contributed by atoms with E-state index in [4.69, 9.17) is 5.73 Å². The molecule has 1 fully saturated rings. The molecule has 0 amide bonds. The van der Waals surface area contributed by atoms with E-state index in [1.165, 1.54) is 38.5 Å². The highest BCUT2D eigenvalue weighted by atomic mass is 15.1. The molecule has 18 heavy (non-hydrogen) atoms. The average molecular weight is 248 g/mol. The molecule has 1 aromatic rings. The van der Waals surface area contributed by atoms with Gasteiger partial charge in [-0.2, -0.15) is 0 Å². The van der Waals surface area contributed by atoms with Crippen LogP contribution in [0.15, 0.2) is 6.33 Å². The Morgan fingerprint density at radius 1 is 1.17 bits per heavy atom. The van der Waals surface area contributed by atoms with Gasteiger partial charge in [0.15, 0.2) is 0 Å². The van der Waals surface area contributed by atoms with E-state index in [-0.39, 0.29) is 0 Å². The van der Waals surface area contributed by atoms with E-state index >= 15 is 0 Å². The molecule has 0 radical (unpaired) electrons. The third-order valence-electron chi connectivity index (χ3n) is 3.69. The Bertz CT molecular complexity index is 381. The van der Waals surface area contributed by atoms with Crippen molar-refractivity contribution in [3.8, 4) is 0 Å². The summed E-state index contributed by atoms with van der Waals surface area (Å²) in [6.07, 6.45) is 9.38. The number of rotatable bonds is 3. The third-order valence-corrected chi connectivity index (χ3v) is 3.69. The van der Waals surface area contributed by atoms with Gasteiger partial charge < -0.3 is 11.1 Å². The Morgan fingerprint density at radius 3 is 2.44 bits per heavy atom. The summed E-state index contributed by atoms with van der Waals surface area (Å²) in [6, 6.07) is 0.541. The van der Waals surface area contributed by atoms with Crippen LogP contribution in [0.5, 0.6) is 0 Å². The van der Waals surface area contributed by atoms with E-state index in [0.717, 1.165) is 11.4 Å². The van der Waals surface area contributed by atoms with E-state index in [1.807, 2.05) is 0 Å². The van der Waals surface area contributed by atoms with Gasteiger partial charge in [0.1, 0.15) is 18.0 Å². The maximum atomic E-state index is 5.97. The second-order valence-corrected chi connectivity index (χ2v) is 5.51. The lowest BCUT2D eigenvalue weighted by Gasteiger charge is -2.21. The molecule has 0 bridgehead atoms. The molecule has 1 aliphatic rings. The fourth-order valence-corrected chi connectivity index (χ4v) is 2.71. The molecule has 0 unspecified atom stereocenters. The van der Waals surface area contributed by atoms with Gasteiger partial charge in [-0.15, -0.1) is 0 Å². The second kappa shape index (κ2) is 6.03. The molecule has 4 nitrogen and oxygen atoms in total. The van der Waals surface area contributed by atoms with Crippen molar-refractivity contribution in [2.75, 3.05) is 11.1 Å². The summed E-state index contributed by atoms with van der Waals surface area (Å²) in [6.45, 7) is 4.26. The normalized spacial score (nSPS) is 17.7. The lowest BCUT2D eigenvalue weighted by atomic mass is 10.0. The Labute approximate surface area is 109 Å². The summed E-state index contributed by atoms with van der Waals surface area (Å²) >= 11 is 0. The number of hydrogen-bond acceptors (Lipinski definition) is 4. The van der Waals surface area contributed by atoms with Gasteiger partial charge in [0.25, 0.3) is 0 Å². The maximum Gasteiger partial charge on any atom is 0.135 e. The van der Waals surface area contributed by atoms with Crippen molar-refractivity contribution in [2.45, 2.75) is 64.3 Å². The van der Waals surface area contributed by atoms with Crippen LogP contribution in [0.3, 0.4) is 0 Å². The van der Waals surface area contributed by atoms with Crippen LogP contribution in [0.1, 0.15) is 63.9 Å². The van der Waals surface area contributed by atoms with E-state index in [1.54, 1.807) is 6.33 Å². The van der Waals surface area contributed by atoms with Crippen LogP contribution in [0, 0.1) is 0 Å². The fourth-order valence-electron chi connectivity index (χ4n) is 2.71. The van der Waals surface area contributed by atoms with Crippen molar-refractivity contribution in [3.05, 3.63) is 11.9 Å².